The van der Waals surface area contributed by atoms with Crippen molar-refractivity contribution in [2.75, 3.05) is 6.54 Å². The van der Waals surface area contributed by atoms with Gasteiger partial charge in [-0.25, -0.2) is 9.20 Å². The van der Waals surface area contributed by atoms with Gasteiger partial charge in [0.1, 0.15) is 17.6 Å². The molecule has 0 radical (unpaired) electrons. The van der Waals surface area contributed by atoms with Crippen molar-refractivity contribution in [3.8, 4) is 5.75 Å². The number of rotatable bonds is 4. The number of nitrogens with zero attached hydrogens (tertiary/aromatic N) is 2. The average molecular weight is 371 g/mol. The van der Waals surface area contributed by atoms with Crippen LogP contribution in [0.5, 0.6) is 5.75 Å². The molecule has 0 unspecified atom stereocenters. The summed E-state index contributed by atoms with van der Waals surface area (Å²) >= 11 is 0. The van der Waals surface area contributed by atoms with Crippen molar-refractivity contribution in [3.05, 3.63) is 45.2 Å². The SMILES string of the molecule is Cc1c2cccc(C(C)C)c2n2c1c(O)c(C(=O)NCC(=O)O)c(=O)n2C. The summed E-state index contributed by atoms with van der Waals surface area (Å²) in [5.41, 5.74) is 1.70. The van der Waals surface area contributed by atoms with Gasteiger partial charge in [0.15, 0.2) is 5.75 Å². The molecule has 8 heteroatoms. The second-order valence-electron chi connectivity index (χ2n) is 6.81. The van der Waals surface area contributed by atoms with E-state index in [1.165, 1.54) is 11.7 Å². The number of aromatic hydroxyl groups is 1. The summed E-state index contributed by atoms with van der Waals surface area (Å²) in [4.78, 5) is 35.8. The molecule has 2 heterocycles. The van der Waals surface area contributed by atoms with E-state index in [2.05, 4.69) is 5.32 Å². The highest BCUT2D eigenvalue weighted by molar-refractivity contribution is 6.03. The summed E-state index contributed by atoms with van der Waals surface area (Å²) < 4.78 is 2.89. The van der Waals surface area contributed by atoms with Gasteiger partial charge in [-0.05, 0) is 24.0 Å². The Hall–Kier alpha value is -3.29. The second-order valence-corrected chi connectivity index (χ2v) is 6.81. The molecule has 0 spiro atoms. The molecule has 0 atom stereocenters. The van der Waals surface area contributed by atoms with Gasteiger partial charge in [0.05, 0.1) is 5.52 Å². The Morgan fingerprint density at radius 1 is 1.22 bits per heavy atom. The monoisotopic (exact) mass is 371 g/mol. The fourth-order valence-corrected chi connectivity index (χ4v) is 3.46. The van der Waals surface area contributed by atoms with Crippen LogP contribution in [-0.4, -0.2) is 37.8 Å². The Morgan fingerprint density at radius 3 is 2.48 bits per heavy atom. The van der Waals surface area contributed by atoms with Crippen molar-refractivity contribution in [3.63, 3.8) is 0 Å². The summed E-state index contributed by atoms with van der Waals surface area (Å²) in [7, 11) is 1.51. The quantitative estimate of drug-likeness (QED) is 0.647. The van der Waals surface area contributed by atoms with Gasteiger partial charge >= 0.3 is 5.97 Å². The fraction of sp³-hybridized carbons (Fsp3) is 0.316. The molecule has 8 nitrogen and oxygen atoms in total. The summed E-state index contributed by atoms with van der Waals surface area (Å²) in [6.45, 7) is 5.24. The number of nitrogens with one attached hydrogen (secondary N) is 1. The van der Waals surface area contributed by atoms with E-state index in [0.29, 0.717) is 5.52 Å². The predicted octanol–water partition coefficient (Wildman–Crippen LogP) is 1.74. The number of amides is 1. The Labute approximate surface area is 154 Å². The maximum Gasteiger partial charge on any atom is 0.322 e. The molecule has 0 aliphatic rings. The number of hydrogen-bond acceptors (Lipinski definition) is 4. The van der Waals surface area contributed by atoms with Crippen LogP contribution in [0.3, 0.4) is 0 Å². The van der Waals surface area contributed by atoms with Gasteiger partial charge < -0.3 is 15.5 Å². The van der Waals surface area contributed by atoms with Gasteiger partial charge in [-0.2, -0.15) is 0 Å². The van der Waals surface area contributed by atoms with E-state index >= 15 is 0 Å². The van der Waals surface area contributed by atoms with E-state index in [1.54, 1.807) is 4.52 Å². The molecule has 2 aromatic heterocycles. The number of aromatic nitrogens is 2. The maximum atomic E-state index is 12.8. The van der Waals surface area contributed by atoms with Crippen LogP contribution in [-0.2, 0) is 11.8 Å². The van der Waals surface area contributed by atoms with Gasteiger partial charge in [-0.3, -0.25) is 14.4 Å². The number of benzene rings is 1. The van der Waals surface area contributed by atoms with Gasteiger partial charge in [-0.15, -0.1) is 0 Å². The molecule has 0 aliphatic heterocycles. The third-order valence-corrected chi connectivity index (χ3v) is 4.77. The van der Waals surface area contributed by atoms with Crippen LogP contribution >= 0.6 is 0 Å². The number of carbonyl (C=O) groups excluding carboxylic acids is 1. The molecular formula is C19H21N3O5. The molecule has 3 rings (SSSR count). The molecule has 0 saturated heterocycles. The molecule has 0 fully saturated rings. The lowest BCUT2D eigenvalue weighted by Crippen LogP contribution is -2.36. The Bertz CT molecular complexity index is 1150. The topological polar surface area (TPSA) is 113 Å². The summed E-state index contributed by atoms with van der Waals surface area (Å²) in [5, 5.41) is 22.5. The standard InChI is InChI=1S/C19H21N3O5/c1-9(2)11-6-5-7-12-10(3)15-17(25)14(18(26)20-8-13(23)24)19(27)21(4)22(15)16(11)12/h5-7,9,25H,8H2,1-4H3,(H,20,26)(H,23,24). The highest BCUT2D eigenvalue weighted by Gasteiger charge is 2.26. The van der Waals surface area contributed by atoms with Crippen LogP contribution < -0.4 is 10.9 Å². The van der Waals surface area contributed by atoms with Crippen LogP contribution in [0.25, 0.3) is 16.4 Å². The van der Waals surface area contributed by atoms with E-state index in [-0.39, 0.29) is 5.92 Å². The molecule has 27 heavy (non-hydrogen) atoms. The van der Waals surface area contributed by atoms with Crippen LogP contribution in [0.2, 0.25) is 0 Å². The molecule has 3 aromatic rings. The number of para-hydroxylation sites is 1. The minimum Gasteiger partial charge on any atom is -0.505 e. The smallest absolute Gasteiger partial charge is 0.322 e. The highest BCUT2D eigenvalue weighted by Crippen LogP contribution is 2.35. The third-order valence-electron chi connectivity index (χ3n) is 4.77. The number of carbonyl (C=O) groups is 2. The molecule has 0 bridgehead atoms. The van der Waals surface area contributed by atoms with Gasteiger partial charge in [0.25, 0.3) is 11.5 Å². The first-order valence-corrected chi connectivity index (χ1v) is 8.52. The predicted molar refractivity (Wildman–Crippen MR) is 101 cm³/mol. The molecule has 0 saturated carbocycles. The molecule has 0 aliphatic carbocycles. The van der Waals surface area contributed by atoms with Crippen LogP contribution in [0.4, 0.5) is 0 Å². The molecular weight excluding hydrogens is 350 g/mol. The highest BCUT2D eigenvalue weighted by atomic mass is 16.4. The zero-order valence-electron chi connectivity index (χ0n) is 15.5. The van der Waals surface area contributed by atoms with E-state index < -0.39 is 35.3 Å². The first kappa shape index (κ1) is 18.5. The number of hydrogen-bond donors (Lipinski definition) is 3. The minimum absolute atomic E-state index is 0.182. The van der Waals surface area contributed by atoms with Crippen molar-refractivity contribution in [1.29, 1.82) is 0 Å². The van der Waals surface area contributed by atoms with Crippen molar-refractivity contribution in [2.45, 2.75) is 26.7 Å². The number of carboxylic acids is 1. The number of aryl methyl sites for hydroxylation is 2. The zero-order valence-corrected chi connectivity index (χ0v) is 15.5. The lowest BCUT2D eigenvalue weighted by Gasteiger charge is -2.14. The number of carboxylic acid groups (broad SMARTS) is 1. The lowest BCUT2D eigenvalue weighted by atomic mass is 10.00. The Balaban J connectivity index is 2.43. The van der Waals surface area contributed by atoms with Crippen LogP contribution in [0.15, 0.2) is 23.0 Å². The lowest BCUT2D eigenvalue weighted by molar-refractivity contribution is -0.135. The first-order valence-electron chi connectivity index (χ1n) is 8.52. The van der Waals surface area contributed by atoms with Crippen LogP contribution in [0.1, 0.15) is 41.3 Å². The molecule has 1 amide bonds. The normalized spacial score (nSPS) is 11.4. The Kier molecular flexibility index (Phi) is 4.43. The van der Waals surface area contributed by atoms with Crippen molar-refractivity contribution >= 4 is 28.3 Å². The third kappa shape index (κ3) is 2.73. The average Bonchev–Trinajstić information content (AvgIpc) is 2.91. The van der Waals surface area contributed by atoms with Crippen molar-refractivity contribution < 1.29 is 19.8 Å². The largest absolute Gasteiger partial charge is 0.505 e. The van der Waals surface area contributed by atoms with Gasteiger partial charge in [0, 0.05) is 12.4 Å². The summed E-state index contributed by atoms with van der Waals surface area (Å²) in [5.74, 6) is -2.44. The van der Waals surface area contributed by atoms with Crippen molar-refractivity contribution in [2.24, 2.45) is 7.05 Å². The maximum absolute atomic E-state index is 12.8. The van der Waals surface area contributed by atoms with E-state index in [1.807, 2.05) is 39.0 Å². The number of fused-ring (bicyclic) bond motifs is 3. The minimum atomic E-state index is -1.24. The van der Waals surface area contributed by atoms with Gasteiger partial charge in [-0.1, -0.05) is 32.0 Å². The summed E-state index contributed by atoms with van der Waals surface area (Å²) in [6.07, 6.45) is 0. The van der Waals surface area contributed by atoms with Crippen molar-refractivity contribution in [1.82, 2.24) is 14.5 Å². The molecule has 142 valence electrons. The Morgan fingerprint density at radius 2 is 1.89 bits per heavy atom. The number of aliphatic carboxylic acids is 1. The van der Waals surface area contributed by atoms with E-state index in [0.717, 1.165) is 22.0 Å². The summed E-state index contributed by atoms with van der Waals surface area (Å²) in [6, 6.07) is 5.78. The molecule has 1 aromatic carbocycles. The second kappa shape index (κ2) is 6.46. The van der Waals surface area contributed by atoms with Crippen LogP contribution in [0, 0.1) is 6.92 Å². The molecule has 3 N–H and O–H groups in total. The van der Waals surface area contributed by atoms with E-state index in [4.69, 9.17) is 5.11 Å². The first-order chi connectivity index (χ1) is 12.7. The van der Waals surface area contributed by atoms with Gasteiger partial charge in [0.2, 0.25) is 0 Å². The van der Waals surface area contributed by atoms with E-state index in [9.17, 15) is 19.5 Å². The zero-order chi connectivity index (χ0) is 20.0. The fourth-order valence-electron chi connectivity index (χ4n) is 3.46.